The second-order valence-electron chi connectivity index (χ2n) is 10.1. The van der Waals surface area contributed by atoms with E-state index in [-0.39, 0.29) is 41.7 Å². The smallest absolute Gasteiger partial charge is 0.451 e. The van der Waals surface area contributed by atoms with E-state index in [0.717, 1.165) is 16.7 Å². The molecule has 0 aliphatic heterocycles. The van der Waals surface area contributed by atoms with E-state index in [0.29, 0.717) is 5.56 Å². The summed E-state index contributed by atoms with van der Waals surface area (Å²) in [6.07, 6.45) is -7.36. The molecule has 1 amide bonds. The number of nitriles is 1. The number of hydrogen-bond donors (Lipinski definition) is 3. The van der Waals surface area contributed by atoms with Gasteiger partial charge in [0.25, 0.3) is 0 Å². The number of carbonyl (C=O) groups excluding carboxylic acids is 2. The molecule has 15 heteroatoms. The zero-order valence-electron chi connectivity index (χ0n) is 23.0. The van der Waals surface area contributed by atoms with Crippen LogP contribution in [0.15, 0.2) is 54.9 Å². The lowest BCUT2D eigenvalue weighted by Gasteiger charge is -2.24. The molecule has 4 atom stereocenters. The summed E-state index contributed by atoms with van der Waals surface area (Å²) < 4.78 is 45.3. The minimum absolute atomic E-state index is 0.0721. The Balaban J connectivity index is 1.41. The highest BCUT2D eigenvalue weighted by atomic mass is 35.5. The predicted octanol–water partition coefficient (Wildman–Crippen LogP) is 4.31. The molecule has 2 heterocycles. The zero-order valence-corrected chi connectivity index (χ0v) is 23.8. The Bertz CT molecular complexity index is 1740. The maximum Gasteiger partial charge on any atom is 0.490 e. The Kier molecular flexibility index (Phi) is 8.70. The summed E-state index contributed by atoms with van der Waals surface area (Å²) in [5.74, 6) is -2.68. The SMILES string of the molecule is CCC(=O)N[C@H]1C[C@@H](n2cnc3c(NCc4ccc(-c5ccccc5C#N)cc4)nc(Cl)nc32)[C@H](OC(=O)C(F)(F)F)[C@@H]1O. The number of aromatic nitrogens is 4. The van der Waals surface area contributed by atoms with Crippen LogP contribution in [0.5, 0.6) is 0 Å². The van der Waals surface area contributed by atoms with Gasteiger partial charge in [0.05, 0.1) is 30.0 Å². The van der Waals surface area contributed by atoms with Gasteiger partial charge in [0.1, 0.15) is 6.10 Å². The van der Waals surface area contributed by atoms with Gasteiger partial charge in [-0.25, -0.2) is 9.78 Å². The molecule has 1 aliphatic carbocycles. The Morgan fingerprint density at radius 3 is 2.59 bits per heavy atom. The Morgan fingerprint density at radius 1 is 1.18 bits per heavy atom. The lowest BCUT2D eigenvalue weighted by atomic mass is 9.99. The minimum atomic E-state index is -5.30. The maximum absolute atomic E-state index is 13.1. The van der Waals surface area contributed by atoms with E-state index in [1.165, 1.54) is 10.9 Å². The third kappa shape index (κ3) is 6.29. The van der Waals surface area contributed by atoms with E-state index in [4.69, 9.17) is 16.3 Å². The normalized spacial score (nSPS) is 19.8. The summed E-state index contributed by atoms with van der Waals surface area (Å²) in [5.41, 5.74) is 3.42. The number of esters is 1. The van der Waals surface area contributed by atoms with Gasteiger partial charge in [-0.2, -0.15) is 28.4 Å². The van der Waals surface area contributed by atoms with Crippen molar-refractivity contribution < 1.29 is 32.6 Å². The second-order valence-corrected chi connectivity index (χ2v) is 10.4. The largest absolute Gasteiger partial charge is 0.490 e. The first-order valence-electron chi connectivity index (χ1n) is 13.5. The lowest BCUT2D eigenvalue weighted by molar-refractivity contribution is -0.209. The van der Waals surface area contributed by atoms with Gasteiger partial charge in [0.15, 0.2) is 23.1 Å². The van der Waals surface area contributed by atoms with E-state index in [1.54, 1.807) is 19.1 Å². The number of alkyl halides is 3. The molecule has 5 rings (SSSR count). The van der Waals surface area contributed by atoms with Gasteiger partial charge in [-0.3, -0.25) is 4.79 Å². The molecule has 11 nitrogen and oxygen atoms in total. The maximum atomic E-state index is 13.1. The molecule has 0 bridgehead atoms. The third-order valence-electron chi connectivity index (χ3n) is 7.29. The zero-order chi connectivity index (χ0) is 31.6. The molecule has 3 N–H and O–H groups in total. The molecule has 2 aromatic heterocycles. The molecule has 2 aromatic carbocycles. The van der Waals surface area contributed by atoms with E-state index < -0.39 is 42.3 Å². The Labute approximate surface area is 253 Å². The van der Waals surface area contributed by atoms with Crippen LogP contribution < -0.4 is 10.6 Å². The number of carbonyl (C=O) groups is 2. The van der Waals surface area contributed by atoms with Crippen LogP contribution in [0.1, 0.15) is 36.9 Å². The van der Waals surface area contributed by atoms with Crippen molar-refractivity contribution in [3.63, 3.8) is 0 Å². The van der Waals surface area contributed by atoms with Crippen molar-refractivity contribution in [1.82, 2.24) is 24.8 Å². The number of nitrogens with one attached hydrogen (secondary N) is 2. The summed E-state index contributed by atoms with van der Waals surface area (Å²) in [4.78, 5) is 36.5. The first-order valence-corrected chi connectivity index (χ1v) is 13.9. The van der Waals surface area contributed by atoms with Gasteiger partial charge in [0, 0.05) is 13.0 Å². The molecule has 0 saturated heterocycles. The fraction of sp³-hybridized carbons (Fsp3) is 0.310. The van der Waals surface area contributed by atoms with Crippen LogP contribution in [0, 0.1) is 11.3 Å². The van der Waals surface area contributed by atoms with Gasteiger partial charge in [-0.05, 0) is 40.8 Å². The first-order chi connectivity index (χ1) is 21.0. The van der Waals surface area contributed by atoms with Gasteiger partial charge < -0.3 is 25.0 Å². The molecule has 1 saturated carbocycles. The van der Waals surface area contributed by atoms with E-state index in [2.05, 4.69) is 31.7 Å². The van der Waals surface area contributed by atoms with Crippen molar-refractivity contribution >= 4 is 40.5 Å². The average molecular weight is 628 g/mol. The van der Waals surface area contributed by atoms with Crippen LogP contribution in [-0.4, -0.2) is 60.9 Å². The summed E-state index contributed by atoms with van der Waals surface area (Å²) >= 11 is 6.21. The predicted molar refractivity (Wildman–Crippen MR) is 152 cm³/mol. The number of halogens is 4. The fourth-order valence-electron chi connectivity index (χ4n) is 5.13. The fourth-order valence-corrected chi connectivity index (χ4v) is 5.29. The number of benzene rings is 2. The summed E-state index contributed by atoms with van der Waals surface area (Å²) in [6, 6.07) is 14.9. The van der Waals surface area contributed by atoms with Crippen LogP contribution in [-0.2, 0) is 20.9 Å². The summed E-state index contributed by atoms with van der Waals surface area (Å²) in [7, 11) is 0. The minimum Gasteiger partial charge on any atom is -0.451 e. The highest BCUT2D eigenvalue weighted by molar-refractivity contribution is 6.28. The number of aliphatic hydroxyl groups excluding tert-OH is 1. The van der Waals surface area contributed by atoms with Crippen LogP contribution >= 0.6 is 11.6 Å². The number of imidazole rings is 1. The van der Waals surface area contributed by atoms with Gasteiger partial charge >= 0.3 is 12.1 Å². The van der Waals surface area contributed by atoms with Crippen molar-refractivity contribution in [1.29, 1.82) is 5.26 Å². The molecule has 228 valence electrons. The second kappa shape index (κ2) is 12.5. The number of ether oxygens (including phenoxy) is 1. The van der Waals surface area contributed by atoms with Gasteiger partial charge in [0.2, 0.25) is 11.2 Å². The van der Waals surface area contributed by atoms with Crippen LogP contribution in [0.2, 0.25) is 5.28 Å². The molecule has 0 spiro atoms. The molecule has 0 radical (unpaired) electrons. The molecule has 0 unspecified atom stereocenters. The topological polar surface area (TPSA) is 155 Å². The van der Waals surface area contributed by atoms with Crippen molar-refractivity contribution in [3.05, 3.63) is 71.3 Å². The van der Waals surface area contributed by atoms with Gasteiger partial charge in [-0.15, -0.1) is 0 Å². The molecular weight excluding hydrogens is 603 g/mol. The highest BCUT2D eigenvalue weighted by Gasteiger charge is 2.51. The third-order valence-corrected chi connectivity index (χ3v) is 7.46. The van der Waals surface area contributed by atoms with Crippen molar-refractivity contribution in [2.75, 3.05) is 5.32 Å². The van der Waals surface area contributed by atoms with Crippen LogP contribution in [0.25, 0.3) is 22.3 Å². The number of rotatable bonds is 8. The number of hydrogen-bond acceptors (Lipinski definition) is 9. The first kappa shape index (κ1) is 30.7. The van der Waals surface area contributed by atoms with E-state index >= 15 is 0 Å². The molecule has 1 fully saturated rings. The van der Waals surface area contributed by atoms with Gasteiger partial charge in [-0.1, -0.05) is 49.4 Å². The number of amides is 1. The average Bonchev–Trinajstić information content (AvgIpc) is 3.56. The van der Waals surface area contributed by atoms with Crippen molar-refractivity contribution in [3.8, 4) is 17.2 Å². The molecule has 44 heavy (non-hydrogen) atoms. The monoisotopic (exact) mass is 627 g/mol. The Morgan fingerprint density at radius 2 is 1.91 bits per heavy atom. The summed E-state index contributed by atoms with van der Waals surface area (Å²) in [6.45, 7) is 1.86. The standard InChI is InChI=1S/C29H25ClF3N7O4/c1-2-21(41)37-19-11-20(24(23(19)42)44-27(43)29(31,32)33)40-14-36-22-25(38-28(30)39-26(22)40)35-13-15-7-9-16(10-8-15)18-6-4-3-5-17(18)12-34/h3-10,14,19-20,23-24,42H,2,11,13H2,1H3,(H,37,41)(H,35,38,39)/t19-,20+,23+,24-/m0/s1. The quantitative estimate of drug-likeness (QED) is 0.191. The number of aliphatic hydroxyl groups is 1. The Hall–Kier alpha value is -4.74. The van der Waals surface area contributed by atoms with Crippen LogP contribution in [0.3, 0.4) is 0 Å². The van der Waals surface area contributed by atoms with E-state index in [1.807, 2.05) is 36.4 Å². The molecule has 1 aliphatic rings. The van der Waals surface area contributed by atoms with Crippen molar-refractivity contribution in [2.45, 2.75) is 56.8 Å². The van der Waals surface area contributed by atoms with Crippen LogP contribution in [0.4, 0.5) is 19.0 Å². The lowest BCUT2D eigenvalue weighted by Crippen LogP contribution is -2.45. The number of nitrogens with zero attached hydrogens (tertiary/aromatic N) is 5. The number of fused-ring (bicyclic) bond motifs is 1. The molecule has 4 aromatic rings. The summed E-state index contributed by atoms with van der Waals surface area (Å²) in [5, 5.41) is 25.7. The number of anilines is 1. The van der Waals surface area contributed by atoms with E-state index in [9.17, 15) is 33.1 Å². The highest BCUT2D eigenvalue weighted by Crippen LogP contribution is 2.37. The molecular formula is C29H25ClF3N7O4. The van der Waals surface area contributed by atoms with Crippen molar-refractivity contribution in [2.24, 2.45) is 0 Å².